The van der Waals surface area contributed by atoms with E-state index in [0.717, 1.165) is 24.9 Å². The average molecular weight is 306 g/mol. The highest BCUT2D eigenvalue weighted by molar-refractivity contribution is 5.76. The molecule has 2 atom stereocenters. The lowest BCUT2D eigenvalue weighted by atomic mass is 9.99. The molecule has 1 aromatic carbocycles. The highest BCUT2D eigenvalue weighted by Crippen LogP contribution is 2.28. The van der Waals surface area contributed by atoms with E-state index in [-0.39, 0.29) is 18.0 Å². The Morgan fingerprint density at radius 2 is 2.18 bits per heavy atom. The van der Waals surface area contributed by atoms with Gasteiger partial charge in [0, 0.05) is 18.6 Å². The van der Waals surface area contributed by atoms with Crippen LogP contribution in [0.25, 0.3) is 0 Å². The number of amides is 1. The summed E-state index contributed by atoms with van der Waals surface area (Å²) in [5.41, 5.74) is 7.04. The van der Waals surface area contributed by atoms with Crippen LogP contribution in [-0.2, 0) is 4.79 Å². The molecule has 0 spiro atoms. The third-order valence-electron chi connectivity index (χ3n) is 4.13. The van der Waals surface area contributed by atoms with Crippen molar-refractivity contribution in [3.63, 3.8) is 0 Å². The van der Waals surface area contributed by atoms with Crippen LogP contribution < -0.4 is 15.2 Å². The van der Waals surface area contributed by atoms with E-state index in [4.69, 9.17) is 15.2 Å². The van der Waals surface area contributed by atoms with Crippen LogP contribution in [0.4, 0.5) is 0 Å². The second kappa shape index (κ2) is 7.49. The molecule has 1 aliphatic heterocycles. The molecule has 0 saturated carbocycles. The lowest BCUT2D eigenvalue weighted by molar-refractivity contribution is -0.135. The van der Waals surface area contributed by atoms with Gasteiger partial charge >= 0.3 is 0 Å². The monoisotopic (exact) mass is 306 g/mol. The van der Waals surface area contributed by atoms with Crippen molar-refractivity contribution in [2.45, 2.75) is 45.2 Å². The fourth-order valence-corrected chi connectivity index (χ4v) is 2.86. The van der Waals surface area contributed by atoms with Gasteiger partial charge in [0.1, 0.15) is 0 Å². The molecule has 1 saturated heterocycles. The summed E-state index contributed by atoms with van der Waals surface area (Å²) in [6.45, 7) is 5.15. The van der Waals surface area contributed by atoms with Crippen molar-refractivity contribution in [3.05, 3.63) is 23.8 Å². The van der Waals surface area contributed by atoms with Crippen molar-refractivity contribution >= 4 is 5.91 Å². The van der Waals surface area contributed by atoms with E-state index in [1.54, 1.807) is 7.11 Å². The molecule has 122 valence electrons. The zero-order valence-corrected chi connectivity index (χ0v) is 13.7. The number of carbonyl (C=O) groups excluding carboxylic acids is 1. The molecule has 1 fully saturated rings. The topological polar surface area (TPSA) is 64.8 Å². The number of nitrogens with zero attached hydrogens (tertiary/aromatic N) is 1. The molecule has 0 bridgehead atoms. The van der Waals surface area contributed by atoms with E-state index in [0.29, 0.717) is 24.5 Å². The predicted molar refractivity (Wildman–Crippen MR) is 86.2 cm³/mol. The summed E-state index contributed by atoms with van der Waals surface area (Å²) < 4.78 is 11.0. The molecular formula is C17H26N2O3. The van der Waals surface area contributed by atoms with Crippen LogP contribution in [0.2, 0.25) is 0 Å². The maximum Gasteiger partial charge on any atom is 0.226 e. The van der Waals surface area contributed by atoms with Crippen LogP contribution in [0.15, 0.2) is 18.2 Å². The zero-order valence-electron chi connectivity index (χ0n) is 13.7. The molecule has 5 nitrogen and oxygen atoms in total. The predicted octanol–water partition coefficient (Wildman–Crippen LogP) is 2.11. The standard InChI is InChI=1S/C17H26N2O3/c1-12-4-5-15(16(10-12)21-3)22-9-7-17(20)19-8-6-14(18)11-13(19)2/h4-5,10,13-14H,6-9,11,18H2,1-3H3/t13-,14-/m1/s1. The fourth-order valence-electron chi connectivity index (χ4n) is 2.86. The minimum atomic E-state index is 0.130. The molecule has 1 amide bonds. The third kappa shape index (κ3) is 4.13. The van der Waals surface area contributed by atoms with Crippen molar-refractivity contribution in [1.29, 1.82) is 0 Å². The average Bonchev–Trinajstić information content (AvgIpc) is 2.48. The summed E-state index contributed by atoms with van der Waals surface area (Å²) in [6, 6.07) is 6.19. The molecule has 0 aromatic heterocycles. The molecule has 0 aliphatic carbocycles. The number of methoxy groups -OCH3 is 1. The Morgan fingerprint density at radius 1 is 1.41 bits per heavy atom. The first kappa shape index (κ1) is 16.6. The highest BCUT2D eigenvalue weighted by atomic mass is 16.5. The van der Waals surface area contributed by atoms with Gasteiger partial charge in [-0.05, 0) is 44.4 Å². The molecule has 0 unspecified atom stereocenters. The molecule has 1 heterocycles. The molecular weight excluding hydrogens is 280 g/mol. The van der Waals surface area contributed by atoms with Crippen molar-refractivity contribution in [2.75, 3.05) is 20.3 Å². The van der Waals surface area contributed by atoms with Crippen LogP contribution in [-0.4, -0.2) is 43.2 Å². The first-order chi connectivity index (χ1) is 10.5. The van der Waals surface area contributed by atoms with Crippen LogP contribution in [0.5, 0.6) is 11.5 Å². The van der Waals surface area contributed by atoms with Gasteiger partial charge in [-0.15, -0.1) is 0 Å². The van der Waals surface area contributed by atoms with Gasteiger partial charge in [0.05, 0.1) is 20.1 Å². The van der Waals surface area contributed by atoms with Gasteiger partial charge in [-0.2, -0.15) is 0 Å². The van der Waals surface area contributed by atoms with Crippen LogP contribution in [0, 0.1) is 6.92 Å². The fraction of sp³-hybridized carbons (Fsp3) is 0.588. The number of rotatable bonds is 5. The number of benzene rings is 1. The van der Waals surface area contributed by atoms with Gasteiger partial charge in [0.25, 0.3) is 0 Å². The van der Waals surface area contributed by atoms with Crippen molar-refractivity contribution in [2.24, 2.45) is 5.73 Å². The van der Waals surface area contributed by atoms with Gasteiger partial charge in [-0.25, -0.2) is 0 Å². The lowest BCUT2D eigenvalue weighted by Gasteiger charge is -2.36. The Hall–Kier alpha value is -1.75. The molecule has 2 rings (SSSR count). The van der Waals surface area contributed by atoms with Gasteiger partial charge < -0.3 is 20.1 Å². The molecule has 2 N–H and O–H groups in total. The number of nitrogens with two attached hydrogens (primary N) is 1. The first-order valence-corrected chi connectivity index (χ1v) is 7.83. The third-order valence-corrected chi connectivity index (χ3v) is 4.13. The summed E-state index contributed by atoms with van der Waals surface area (Å²) in [5.74, 6) is 1.50. The summed E-state index contributed by atoms with van der Waals surface area (Å²) in [5, 5.41) is 0. The summed E-state index contributed by atoms with van der Waals surface area (Å²) in [6.07, 6.45) is 2.12. The second-order valence-electron chi connectivity index (χ2n) is 5.97. The number of likely N-dealkylation sites (tertiary alicyclic amines) is 1. The number of hydrogen-bond donors (Lipinski definition) is 1. The van der Waals surface area contributed by atoms with E-state index in [1.807, 2.05) is 30.0 Å². The first-order valence-electron chi connectivity index (χ1n) is 7.83. The second-order valence-corrected chi connectivity index (χ2v) is 5.97. The quantitative estimate of drug-likeness (QED) is 0.905. The summed E-state index contributed by atoms with van der Waals surface area (Å²) in [7, 11) is 1.62. The Labute approximate surface area is 132 Å². The van der Waals surface area contributed by atoms with Crippen molar-refractivity contribution < 1.29 is 14.3 Å². The van der Waals surface area contributed by atoms with Crippen LogP contribution >= 0.6 is 0 Å². The van der Waals surface area contributed by atoms with E-state index in [9.17, 15) is 4.79 Å². The smallest absolute Gasteiger partial charge is 0.226 e. The van der Waals surface area contributed by atoms with E-state index in [2.05, 4.69) is 6.92 Å². The maximum atomic E-state index is 12.3. The normalized spacial score (nSPS) is 21.5. The number of piperidine rings is 1. The molecule has 22 heavy (non-hydrogen) atoms. The zero-order chi connectivity index (χ0) is 16.1. The SMILES string of the molecule is COc1cc(C)ccc1OCCC(=O)N1CC[C@@H](N)C[C@H]1C. The largest absolute Gasteiger partial charge is 0.493 e. The minimum absolute atomic E-state index is 0.130. The Bertz CT molecular complexity index is 519. The molecule has 1 aliphatic rings. The summed E-state index contributed by atoms with van der Waals surface area (Å²) >= 11 is 0. The number of aryl methyl sites for hydroxylation is 1. The van der Waals surface area contributed by atoms with Gasteiger partial charge in [-0.3, -0.25) is 4.79 Å². The number of ether oxygens (including phenoxy) is 2. The van der Waals surface area contributed by atoms with E-state index in [1.165, 1.54) is 0 Å². The van der Waals surface area contributed by atoms with E-state index < -0.39 is 0 Å². The van der Waals surface area contributed by atoms with Gasteiger partial charge in [0.15, 0.2) is 11.5 Å². The number of hydrogen-bond acceptors (Lipinski definition) is 4. The maximum absolute atomic E-state index is 12.3. The number of carbonyl (C=O) groups is 1. The molecule has 1 aromatic rings. The van der Waals surface area contributed by atoms with Gasteiger partial charge in [0.2, 0.25) is 5.91 Å². The molecule has 0 radical (unpaired) electrons. The van der Waals surface area contributed by atoms with Crippen molar-refractivity contribution in [3.8, 4) is 11.5 Å². The van der Waals surface area contributed by atoms with Crippen LogP contribution in [0.3, 0.4) is 0 Å². The minimum Gasteiger partial charge on any atom is -0.493 e. The summed E-state index contributed by atoms with van der Waals surface area (Å²) in [4.78, 5) is 14.2. The Morgan fingerprint density at radius 3 is 2.86 bits per heavy atom. The Balaban J connectivity index is 1.84. The lowest BCUT2D eigenvalue weighted by Crippen LogP contribution is -2.48. The van der Waals surface area contributed by atoms with Crippen LogP contribution in [0.1, 0.15) is 31.7 Å². The van der Waals surface area contributed by atoms with Crippen molar-refractivity contribution in [1.82, 2.24) is 4.90 Å². The van der Waals surface area contributed by atoms with Gasteiger partial charge in [-0.1, -0.05) is 6.07 Å². The molecule has 5 heteroatoms. The Kier molecular flexibility index (Phi) is 5.66. The highest BCUT2D eigenvalue weighted by Gasteiger charge is 2.26. The van der Waals surface area contributed by atoms with E-state index >= 15 is 0 Å².